The van der Waals surface area contributed by atoms with E-state index in [2.05, 4.69) is 5.32 Å². The minimum atomic E-state index is -4.03. The zero-order valence-electron chi connectivity index (χ0n) is 18.0. The quantitative estimate of drug-likeness (QED) is 0.321. The fourth-order valence-electron chi connectivity index (χ4n) is 3.38. The molecule has 0 radical (unpaired) electrons. The number of aryl methyl sites for hydroxylation is 1. The standard InChI is InChI=1S/C25H21NO6S/c1-16-3-8-20(9-4-16)33(29,30)32-23-12-6-17(13-24(23)31-2)5-11-22(27)18-7-10-21-19(14-18)15-25(28)26-21/h3-14H,15H2,1-2H3,(H,26,28)/b11-5+. The Morgan fingerprint density at radius 3 is 2.48 bits per heavy atom. The predicted molar refractivity (Wildman–Crippen MR) is 124 cm³/mol. The number of methoxy groups -OCH3 is 1. The van der Waals surface area contributed by atoms with Gasteiger partial charge < -0.3 is 14.2 Å². The number of hydrogen-bond donors (Lipinski definition) is 1. The number of carbonyl (C=O) groups is 2. The van der Waals surface area contributed by atoms with Gasteiger partial charge in [-0.2, -0.15) is 8.42 Å². The number of nitrogens with one attached hydrogen (secondary N) is 1. The first-order valence-electron chi connectivity index (χ1n) is 10.1. The first-order chi connectivity index (χ1) is 15.7. The smallest absolute Gasteiger partial charge is 0.339 e. The van der Waals surface area contributed by atoms with E-state index in [4.69, 9.17) is 8.92 Å². The zero-order valence-corrected chi connectivity index (χ0v) is 18.8. The van der Waals surface area contributed by atoms with Gasteiger partial charge in [0.2, 0.25) is 5.91 Å². The molecule has 1 N–H and O–H groups in total. The third kappa shape index (κ3) is 4.96. The van der Waals surface area contributed by atoms with Crippen LogP contribution in [0.4, 0.5) is 5.69 Å². The van der Waals surface area contributed by atoms with Crippen LogP contribution in [0.5, 0.6) is 11.5 Å². The second-order valence-corrected chi connectivity index (χ2v) is 9.10. The van der Waals surface area contributed by atoms with Gasteiger partial charge in [0.1, 0.15) is 4.90 Å². The number of ether oxygens (including phenoxy) is 1. The monoisotopic (exact) mass is 463 g/mol. The van der Waals surface area contributed by atoms with Crippen molar-refractivity contribution in [2.75, 3.05) is 12.4 Å². The van der Waals surface area contributed by atoms with E-state index in [0.29, 0.717) is 11.1 Å². The number of fused-ring (bicyclic) bond motifs is 1. The Bertz CT molecular complexity index is 1370. The van der Waals surface area contributed by atoms with Gasteiger partial charge in [0.05, 0.1) is 13.5 Å². The van der Waals surface area contributed by atoms with Gasteiger partial charge in [-0.25, -0.2) is 0 Å². The van der Waals surface area contributed by atoms with Gasteiger partial charge in [0, 0.05) is 11.3 Å². The molecule has 1 amide bonds. The molecule has 1 aliphatic rings. The molecular formula is C25H21NO6S. The van der Waals surface area contributed by atoms with Crippen LogP contribution in [0, 0.1) is 6.92 Å². The summed E-state index contributed by atoms with van der Waals surface area (Å²) in [7, 11) is -2.63. The minimum Gasteiger partial charge on any atom is -0.493 e. The number of anilines is 1. The van der Waals surface area contributed by atoms with Crippen LogP contribution < -0.4 is 14.2 Å². The van der Waals surface area contributed by atoms with E-state index >= 15 is 0 Å². The maximum Gasteiger partial charge on any atom is 0.339 e. The maximum atomic E-state index is 12.6. The Labute approximate surface area is 191 Å². The summed E-state index contributed by atoms with van der Waals surface area (Å²) in [6.45, 7) is 1.86. The van der Waals surface area contributed by atoms with Crippen LogP contribution in [-0.4, -0.2) is 27.2 Å². The van der Waals surface area contributed by atoms with Crippen molar-refractivity contribution in [3.63, 3.8) is 0 Å². The summed E-state index contributed by atoms with van der Waals surface area (Å²) in [5, 5.41) is 2.73. The molecule has 1 aliphatic heterocycles. The number of hydrogen-bond acceptors (Lipinski definition) is 6. The number of amides is 1. The van der Waals surface area contributed by atoms with Crippen molar-refractivity contribution in [2.45, 2.75) is 18.2 Å². The van der Waals surface area contributed by atoms with Crippen LogP contribution in [-0.2, 0) is 21.3 Å². The summed E-state index contributed by atoms with van der Waals surface area (Å²) < 4.78 is 35.7. The zero-order chi connectivity index (χ0) is 23.6. The SMILES string of the molecule is COc1cc(/C=C/C(=O)c2ccc3c(c2)CC(=O)N3)ccc1OS(=O)(=O)c1ccc(C)cc1. The highest BCUT2D eigenvalue weighted by atomic mass is 32.2. The maximum absolute atomic E-state index is 12.6. The predicted octanol–water partition coefficient (Wildman–Crippen LogP) is 4.16. The van der Waals surface area contributed by atoms with E-state index in [1.807, 2.05) is 6.92 Å². The lowest BCUT2D eigenvalue weighted by Gasteiger charge is -2.11. The lowest BCUT2D eigenvalue weighted by molar-refractivity contribution is -0.115. The molecule has 1 heterocycles. The highest BCUT2D eigenvalue weighted by Crippen LogP contribution is 2.31. The second kappa shape index (κ2) is 8.91. The van der Waals surface area contributed by atoms with E-state index in [1.54, 1.807) is 48.5 Å². The Morgan fingerprint density at radius 2 is 1.76 bits per heavy atom. The molecule has 0 bridgehead atoms. The molecule has 33 heavy (non-hydrogen) atoms. The number of benzene rings is 3. The molecule has 3 aromatic rings. The molecule has 0 fully saturated rings. The molecule has 0 saturated carbocycles. The van der Waals surface area contributed by atoms with Crippen LogP contribution in [0.25, 0.3) is 6.08 Å². The van der Waals surface area contributed by atoms with Gasteiger partial charge in [-0.1, -0.05) is 29.8 Å². The third-order valence-electron chi connectivity index (χ3n) is 5.14. The van der Waals surface area contributed by atoms with Gasteiger partial charge in [-0.15, -0.1) is 0 Å². The fourth-order valence-corrected chi connectivity index (χ4v) is 4.32. The van der Waals surface area contributed by atoms with Gasteiger partial charge in [-0.3, -0.25) is 9.59 Å². The normalized spacial score (nSPS) is 13.0. The number of ketones is 1. The van der Waals surface area contributed by atoms with Crippen molar-refractivity contribution in [3.05, 3.63) is 89.0 Å². The average molecular weight is 464 g/mol. The van der Waals surface area contributed by atoms with Gasteiger partial charge in [0.25, 0.3) is 0 Å². The van der Waals surface area contributed by atoms with Crippen molar-refractivity contribution in [1.29, 1.82) is 0 Å². The second-order valence-electron chi connectivity index (χ2n) is 7.56. The minimum absolute atomic E-state index is 0.0379. The van der Waals surface area contributed by atoms with Crippen LogP contribution in [0.2, 0.25) is 0 Å². The lowest BCUT2D eigenvalue weighted by Crippen LogP contribution is -2.10. The molecule has 0 aliphatic carbocycles. The Balaban J connectivity index is 1.51. The summed E-state index contributed by atoms with van der Waals surface area (Å²) in [5.41, 5.74) is 3.54. The fraction of sp³-hybridized carbons (Fsp3) is 0.120. The van der Waals surface area contributed by atoms with Gasteiger partial charge >= 0.3 is 10.1 Å². The summed E-state index contributed by atoms with van der Waals surface area (Å²) in [5.74, 6) is -0.0675. The molecule has 8 heteroatoms. The van der Waals surface area contributed by atoms with E-state index in [9.17, 15) is 18.0 Å². The molecule has 4 rings (SSSR count). The van der Waals surface area contributed by atoms with Crippen molar-refractivity contribution in [1.82, 2.24) is 0 Å². The highest BCUT2D eigenvalue weighted by molar-refractivity contribution is 7.87. The molecule has 0 saturated heterocycles. The summed E-state index contributed by atoms with van der Waals surface area (Å²) in [6, 6.07) is 16.1. The van der Waals surface area contributed by atoms with Gasteiger partial charge in [0.15, 0.2) is 17.3 Å². The highest BCUT2D eigenvalue weighted by Gasteiger charge is 2.20. The molecule has 0 spiro atoms. The lowest BCUT2D eigenvalue weighted by atomic mass is 10.0. The van der Waals surface area contributed by atoms with Gasteiger partial charge in [-0.05, 0) is 66.6 Å². The van der Waals surface area contributed by atoms with Crippen LogP contribution in [0.1, 0.15) is 27.0 Å². The van der Waals surface area contributed by atoms with Crippen molar-refractivity contribution in [2.24, 2.45) is 0 Å². The molecule has 7 nitrogen and oxygen atoms in total. The summed E-state index contributed by atoms with van der Waals surface area (Å²) in [4.78, 5) is 24.1. The summed E-state index contributed by atoms with van der Waals surface area (Å²) in [6.07, 6.45) is 3.26. The van der Waals surface area contributed by atoms with E-state index < -0.39 is 10.1 Å². The van der Waals surface area contributed by atoms with Crippen LogP contribution in [0.3, 0.4) is 0 Å². The first kappa shape index (κ1) is 22.3. The molecule has 3 aromatic carbocycles. The van der Waals surface area contributed by atoms with Crippen LogP contribution in [0.15, 0.2) is 71.6 Å². The molecule has 0 atom stereocenters. The van der Waals surface area contributed by atoms with Crippen molar-refractivity contribution >= 4 is 33.6 Å². The molecular weight excluding hydrogens is 442 g/mol. The number of rotatable bonds is 7. The topological polar surface area (TPSA) is 98.8 Å². The van der Waals surface area contributed by atoms with Crippen molar-refractivity contribution in [3.8, 4) is 11.5 Å². The van der Waals surface area contributed by atoms with Crippen LogP contribution >= 0.6 is 0 Å². The number of allylic oxidation sites excluding steroid dienone is 1. The largest absolute Gasteiger partial charge is 0.493 e. The first-order valence-corrected chi connectivity index (χ1v) is 11.5. The molecule has 0 unspecified atom stereocenters. The molecule has 168 valence electrons. The average Bonchev–Trinajstić information content (AvgIpc) is 3.17. The molecule has 0 aromatic heterocycles. The Hall–Kier alpha value is -3.91. The Kier molecular flexibility index (Phi) is 6.02. The third-order valence-corrected chi connectivity index (χ3v) is 6.39. The van der Waals surface area contributed by atoms with E-state index in [0.717, 1.165) is 16.8 Å². The summed E-state index contributed by atoms with van der Waals surface area (Å²) >= 11 is 0. The number of carbonyl (C=O) groups excluding carboxylic acids is 2. The van der Waals surface area contributed by atoms with E-state index in [1.165, 1.54) is 31.4 Å². The van der Waals surface area contributed by atoms with E-state index in [-0.39, 0.29) is 34.5 Å². The Morgan fingerprint density at radius 1 is 1.00 bits per heavy atom. The van der Waals surface area contributed by atoms with Crippen molar-refractivity contribution < 1.29 is 26.9 Å².